The van der Waals surface area contributed by atoms with Crippen molar-refractivity contribution < 1.29 is 14.2 Å². The van der Waals surface area contributed by atoms with Crippen LogP contribution in [0, 0.1) is 5.82 Å². The van der Waals surface area contributed by atoms with Crippen LogP contribution in [0.5, 0.6) is 0 Å². The van der Waals surface area contributed by atoms with Gasteiger partial charge in [-0.15, -0.1) is 11.3 Å². The summed E-state index contributed by atoms with van der Waals surface area (Å²) in [6.45, 7) is 0.256. The van der Waals surface area contributed by atoms with Crippen LogP contribution < -0.4 is 5.56 Å². The molecule has 0 radical (unpaired) electrons. The molecular weight excluding hydrogens is 317 g/mol. The number of hydrogen-bond acceptors (Lipinski definition) is 4. The average Bonchev–Trinajstić information content (AvgIpc) is 3.01. The second-order valence-corrected chi connectivity index (χ2v) is 6.18. The average molecular weight is 333 g/mol. The molecule has 0 saturated carbocycles. The predicted octanol–water partition coefficient (Wildman–Crippen LogP) is 2.78. The molecule has 120 valence electrons. The Morgan fingerprint density at radius 2 is 2.09 bits per heavy atom. The number of nitrogens with zero attached hydrogens (tertiary/aromatic N) is 1. The number of ether oxygens (including phenoxy) is 1. The molecule has 0 fully saturated rings. The van der Waals surface area contributed by atoms with Crippen LogP contribution in [0.3, 0.4) is 0 Å². The van der Waals surface area contributed by atoms with Crippen molar-refractivity contribution in [1.82, 2.24) is 4.57 Å². The van der Waals surface area contributed by atoms with Crippen molar-refractivity contribution in [2.45, 2.75) is 19.3 Å². The highest BCUT2D eigenvalue weighted by molar-refractivity contribution is 7.17. The van der Waals surface area contributed by atoms with Gasteiger partial charge in [-0.2, -0.15) is 0 Å². The van der Waals surface area contributed by atoms with Gasteiger partial charge in [0.15, 0.2) is 0 Å². The van der Waals surface area contributed by atoms with E-state index in [0.717, 1.165) is 4.70 Å². The van der Waals surface area contributed by atoms with Gasteiger partial charge in [0.2, 0.25) is 0 Å². The fourth-order valence-corrected chi connectivity index (χ4v) is 3.12. The van der Waals surface area contributed by atoms with Crippen molar-refractivity contribution in [2.24, 2.45) is 0 Å². The van der Waals surface area contributed by atoms with Crippen molar-refractivity contribution >= 4 is 21.4 Å². The van der Waals surface area contributed by atoms with Crippen molar-refractivity contribution in [3.8, 4) is 0 Å². The molecule has 1 N–H and O–H groups in total. The minimum Gasteiger partial charge on any atom is -0.389 e. The molecule has 0 aliphatic heterocycles. The highest BCUT2D eigenvalue weighted by Gasteiger charge is 2.10. The van der Waals surface area contributed by atoms with Gasteiger partial charge in [-0.05, 0) is 23.6 Å². The first-order chi connectivity index (χ1) is 11.1. The molecule has 0 aliphatic rings. The summed E-state index contributed by atoms with van der Waals surface area (Å²) in [5.74, 6) is -0.332. The molecule has 6 heteroatoms. The van der Waals surface area contributed by atoms with Crippen LogP contribution in [0.25, 0.3) is 10.1 Å². The minimum atomic E-state index is -0.837. The Labute approximate surface area is 136 Å². The number of fused-ring (bicyclic) bond motifs is 1. The van der Waals surface area contributed by atoms with E-state index < -0.39 is 6.10 Å². The third kappa shape index (κ3) is 3.67. The van der Waals surface area contributed by atoms with Crippen LogP contribution in [0.2, 0.25) is 0 Å². The lowest BCUT2D eigenvalue weighted by Gasteiger charge is -2.13. The molecule has 4 nitrogen and oxygen atoms in total. The lowest BCUT2D eigenvalue weighted by Crippen LogP contribution is -2.28. The summed E-state index contributed by atoms with van der Waals surface area (Å²) < 4.78 is 21.2. The van der Waals surface area contributed by atoms with Gasteiger partial charge in [-0.3, -0.25) is 4.79 Å². The fraction of sp³-hybridized carbons (Fsp3) is 0.235. The van der Waals surface area contributed by atoms with E-state index in [0.29, 0.717) is 10.9 Å². The molecular formula is C17H16FNO3S. The molecule has 1 atom stereocenters. The van der Waals surface area contributed by atoms with Crippen molar-refractivity contribution in [3.63, 3.8) is 0 Å². The van der Waals surface area contributed by atoms with Crippen LogP contribution in [0.15, 0.2) is 52.8 Å². The molecule has 2 aromatic heterocycles. The minimum absolute atomic E-state index is 0.0302. The number of aliphatic hydroxyl groups is 1. The summed E-state index contributed by atoms with van der Waals surface area (Å²) in [6.07, 6.45) is 0.830. The summed E-state index contributed by atoms with van der Waals surface area (Å²) in [5, 5.41) is 12.5. The van der Waals surface area contributed by atoms with E-state index in [1.807, 2.05) is 11.4 Å². The summed E-state index contributed by atoms with van der Waals surface area (Å²) in [6, 6.07) is 9.98. The fourth-order valence-electron chi connectivity index (χ4n) is 2.35. The molecule has 0 saturated heterocycles. The first-order valence-corrected chi connectivity index (χ1v) is 8.09. The summed E-state index contributed by atoms with van der Waals surface area (Å²) in [5.41, 5.74) is 0.313. The first-order valence-electron chi connectivity index (χ1n) is 7.21. The monoisotopic (exact) mass is 333 g/mol. The van der Waals surface area contributed by atoms with Crippen LogP contribution in [0.4, 0.5) is 4.39 Å². The van der Waals surface area contributed by atoms with Gasteiger partial charge in [0.1, 0.15) is 5.82 Å². The number of hydrogen-bond donors (Lipinski definition) is 1. The van der Waals surface area contributed by atoms with Crippen molar-refractivity contribution in [3.05, 3.63) is 69.7 Å². The number of benzene rings is 1. The van der Waals surface area contributed by atoms with E-state index in [9.17, 15) is 14.3 Å². The largest absolute Gasteiger partial charge is 0.389 e. The number of rotatable bonds is 6. The summed E-state index contributed by atoms with van der Waals surface area (Å²) >= 11 is 1.51. The Morgan fingerprint density at radius 3 is 2.91 bits per heavy atom. The van der Waals surface area contributed by atoms with Crippen molar-refractivity contribution in [1.29, 1.82) is 0 Å². The molecule has 3 aromatic rings. The Bertz CT molecular complexity index is 858. The second-order valence-electron chi connectivity index (χ2n) is 5.23. The highest BCUT2D eigenvalue weighted by Crippen LogP contribution is 2.16. The van der Waals surface area contributed by atoms with Gasteiger partial charge in [0.05, 0.1) is 31.2 Å². The maximum absolute atomic E-state index is 13.4. The predicted molar refractivity (Wildman–Crippen MR) is 88.1 cm³/mol. The van der Waals surface area contributed by atoms with E-state index >= 15 is 0 Å². The zero-order valence-corrected chi connectivity index (χ0v) is 13.1. The molecule has 1 aromatic carbocycles. The molecule has 2 heterocycles. The van der Waals surface area contributed by atoms with E-state index in [2.05, 4.69) is 0 Å². The van der Waals surface area contributed by atoms with Gasteiger partial charge in [-0.1, -0.05) is 18.2 Å². The molecule has 0 bridgehead atoms. The van der Waals surface area contributed by atoms with Gasteiger partial charge in [-0.25, -0.2) is 4.39 Å². The van der Waals surface area contributed by atoms with Crippen LogP contribution in [-0.4, -0.2) is 22.4 Å². The smallest absolute Gasteiger partial charge is 0.259 e. The maximum Gasteiger partial charge on any atom is 0.259 e. The summed E-state index contributed by atoms with van der Waals surface area (Å²) in [7, 11) is 0. The molecule has 23 heavy (non-hydrogen) atoms. The van der Waals surface area contributed by atoms with Gasteiger partial charge < -0.3 is 14.4 Å². The lowest BCUT2D eigenvalue weighted by molar-refractivity contribution is 0.0191. The Balaban J connectivity index is 1.58. The second kappa shape index (κ2) is 7.04. The topological polar surface area (TPSA) is 51.5 Å². The van der Waals surface area contributed by atoms with Gasteiger partial charge >= 0.3 is 0 Å². The van der Waals surface area contributed by atoms with Crippen LogP contribution in [0.1, 0.15) is 5.56 Å². The zero-order chi connectivity index (χ0) is 16.2. The lowest BCUT2D eigenvalue weighted by atomic mass is 10.2. The highest BCUT2D eigenvalue weighted by atomic mass is 32.1. The third-order valence-corrected chi connectivity index (χ3v) is 4.41. The maximum atomic E-state index is 13.4. The molecule has 0 unspecified atom stereocenters. The van der Waals surface area contributed by atoms with E-state index in [-0.39, 0.29) is 31.1 Å². The number of aromatic nitrogens is 1. The van der Waals surface area contributed by atoms with Crippen LogP contribution in [-0.2, 0) is 17.9 Å². The molecule has 0 spiro atoms. The Morgan fingerprint density at radius 1 is 1.26 bits per heavy atom. The Hall–Kier alpha value is -2.02. The van der Waals surface area contributed by atoms with E-state index in [1.54, 1.807) is 30.5 Å². The first kappa shape index (κ1) is 15.9. The quantitative estimate of drug-likeness (QED) is 0.755. The number of aliphatic hydroxyl groups excluding tert-OH is 1. The van der Waals surface area contributed by atoms with Crippen molar-refractivity contribution in [2.75, 3.05) is 6.61 Å². The number of halogens is 1. The SMILES string of the molecule is O=c1c2ccsc2ccn1C[C@H](O)COCc1ccccc1F. The van der Waals surface area contributed by atoms with E-state index in [1.165, 1.54) is 22.0 Å². The summed E-state index contributed by atoms with van der Waals surface area (Å²) in [4.78, 5) is 12.2. The standard InChI is InChI=1S/C17H16FNO3S/c18-15-4-2-1-3-12(15)10-22-11-13(20)9-19-7-5-16-14(17(19)21)6-8-23-16/h1-8,13,20H,9-11H2/t13-/m0/s1. The zero-order valence-electron chi connectivity index (χ0n) is 12.3. The van der Waals surface area contributed by atoms with Gasteiger partial charge in [0, 0.05) is 16.5 Å². The number of thiophene rings is 1. The molecule has 0 amide bonds. The normalized spacial score (nSPS) is 12.6. The van der Waals surface area contributed by atoms with Crippen LogP contribution >= 0.6 is 11.3 Å². The Kier molecular flexibility index (Phi) is 4.85. The van der Waals surface area contributed by atoms with Gasteiger partial charge in [0.25, 0.3) is 5.56 Å². The number of pyridine rings is 1. The third-order valence-electron chi connectivity index (χ3n) is 3.53. The molecule has 3 rings (SSSR count). The molecule has 0 aliphatic carbocycles. The van der Waals surface area contributed by atoms with E-state index in [4.69, 9.17) is 4.74 Å².